The van der Waals surface area contributed by atoms with Gasteiger partial charge in [0, 0.05) is 6.26 Å². The van der Waals surface area contributed by atoms with Gasteiger partial charge in [0.25, 0.3) is 5.91 Å². The third kappa shape index (κ3) is 3.65. The number of para-hydroxylation sites is 1. The van der Waals surface area contributed by atoms with Crippen LogP contribution in [0.15, 0.2) is 53.4 Å². The summed E-state index contributed by atoms with van der Waals surface area (Å²) in [6.07, 6.45) is 1.14. The molecule has 2 N–H and O–H groups in total. The molecule has 0 spiro atoms. The number of rotatable bonds is 4. The molecule has 0 bridgehead atoms. The standard InChI is InChI=1S/C16H17NO4S/c1-11(12-7-9-13(10-8-12)22(2,20)21)17-16(19)14-5-3-4-6-15(14)18/h3-11,18H,1-2H3,(H,17,19). The summed E-state index contributed by atoms with van der Waals surface area (Å²) >= 11 is 0. The molecule has 0 aliphatic heterocycles. The molecule has 1 unspecified atom stereocenters. The van der Waals surface area contributed by atoms with E-state index in [-0.39, 0.29) is 22.3 Å². The van der Waals surface area contributed by atoms with Crippen molar-refractivity contribution in [2.75, 3.05) is 6.26 Å². The maximum Gasteiger partial charge on any atom is 0.255 e. The van der Waals surface area contributed by atoms with Crippen molar-refractivity contribution in [3.8, 4) is 5.75 Å². The quantitative estimate of drug-likeness (QED) is 0.905. The molecule has 6 heteroatoms. The Morgan fingerprint density at radius 1 is 1.09 bits per heavy atom. The van der Waals surface area contributed by atoms with Crippen LogP contribution in [-0.4, -0.2) is 25.7 Å². The van der Waals surface area contributed by atoms with E-state index in [0.717, 1.165) is 11.8 Å². The van der Waals surface area contributed by atoms with Crippen LogP contribution in [0.4, 0.5) is 0 Å². The van der Waals surface area contributed by atoms with Crippen molar-refractivity contribution in [3.05, 3.63) is 59.7 Å². The number of carbonyl (C=O) groups is 1. The Morgan fingerprint density at radius 2 is 1.68 bits per heavy atom. The van der Waals surface area contributed by atoms with Crippen LogP contribution in [0.1, 0.15) is 28.9 Å². The minimum Gasteiger partial charge on any atom is -0.507 e. The largest absolute Gasteiger partial charge is 0.507 e. The summed E-state index contributed by atoms with van der Waals surface area (Å²) in [5.74, 6) is -0.475. The average molecular weight is 319 g/mol. The predicted molar refractivity (Wildman–Crippen MR) is 83.5 cm³/mol. The van der Waals surface area contributed by atoms with Crippen LogP contribution in [0, 0.1) is 0 Å². The number of phenols is 1. The lowest BCUT2D eigenvalue weighted by atomic mass is 10.1. The Morgan fingerprint density at radius 3 is 2.23 bits per heavy atom. The number of sulfone groups is 1. The zero-order valence-electron chi connectivity index (χ0n) is 12.3. The molecule has 5 nitrogen and oxygen atoms in total. The van der Waals surface area contributed by atoms with Crippen molar-refractivity contribution in [1.82, 2.24) is 5.32 Å². The zero-order chi connectivity index (χ0) is 16.3. The molecule has 2 aromatic carbocycles. The summed E-state index contributed by atoms with van der Waals surface area (Å²) in [4.78, 5) is 12.3. The zero-order valence-corrected chi connectivity index (χ0v) is 13.1. The first kappa shape index (κ1) is 16.0. The number of amides is 1. The minimum atomic E-state index is -3.24. The van der Waals surface area contributed by atoms with E-state index in [1.165, 1.54) is 24.3 Å². The smallest absolute Gasteiger partial charge is 0.255 e. The number of hydrogen-bond donors (Lipinski definition) is 2. The van der Waals surface area contributed by atoms with Gasteiger partial charge in [0.05, 0.1) is 16.5 Å². The molecule has 1 amide bonds. The van der Waals surface area contributed by atoms with Gasteiger partial charge in [-0.2, -0.15) is 0 Å². The molecule has 0 saturated heterocycles. The Kier molecular flexibility index (Phi) is 4.51. The summed E-state index contributed by atoms with van der Waals surface area (Å²) in [5, 5.41) is 12.4. The van der Waals surface area contributed by atoms with Crippen LogP contribution in [0.25, 0.3) is 0 Å². The third-order valence-electron chi connectivity index (χ3n) is 3.30. The fraction of sp³-hybridized carbons (Fsp3) is 0.188. The highest BCUT2D eigenvalue weighted by Crippen LogP contribution is 2.19. The lowest BCUT2D eigenvalue weighted by Gasteiger charge is -2.15. The van der Waals surface area contributed by atoms with Gasteiger partial charge in [-0.25, -0.2) is 8.42 Å². The number of nitrogens with one attached hydrogen (secondary N) is 1. The van der Waals surface area contributed by atoms with Gasteiger partial charge in [-0.05, 0) is 36.8 Å². The van der Waals surface area contributed by atoms with E-state index in [1.54, 1.807) is 31.2 Å². The number of aromatic hydroxyl groups is 1. The second-order valence-electron chi connectivity index (χ2n) is 5.05. The van der Waals surface area contributed by atoms with E-state index in [0.29, 0.717) is 0 Å². The van der Waals surface area contributed by atoms with Crippen LogP contribution in [0.5, 0.6) is 5.75 Å². The first-order chi connectivity index (χ1) is 10.3. The lowest BCUT2D eigenvalue weighted by Crippen LogP contribution is -2.26. The highest BCUT2D eigenvalue weighted by molar-refractivity contribution is 7.90. The first-order valence-corrected chi connectivity index (χ1v) is 8.57. The molecule has 0 heterocycles. The number of benzene rings is 2. The van der Waals surface area contributed by atoms with E-state index >= 15 is 0 Å². The van der Waals surface area contributed by atoms with Crippen molar-refractivity contribution in [1.29, 1.82) is 0 Å². The molecule has 0 fully saturated rings. The highest BCUT2D eigenvalue weighted by Gasteiger charge is 2.15. The Labute approximate surface area is 129 Å². The summed E-state index contributed by atoms with van der Waals surface area (Å²) in [5.41, 5.74) is 0.971. The SMILES string of the molecule is CC(NC(=O)c1ccccc1O)c1ccc(S(C)(=O)=O)cc1. The maximum atomic E-state index is 12.1. The second kappa shape index (κ2) is 6.19. The summed E-state index contributed by atoms with van der Waals surface area (Å²) in [6.45, 7) is 1.79. The van der Waals surface area contributed by atoms with Gasteiger partial charge < -0.3 is 10.4 Å². The fourth-order valence-electron chi connectivity index (χ4n) is 2.03. The normalized spacial score (nSPS) is 12.6. The molecule has 0 aliphatic rings. The molecule has 116 valence electrons. The van der Waals surface area contributed by atoms with Crippen LogP contribution >= 0.6 is 0 Å². The first-order valence-electron chi connectivity index (χ1n) is 6.68. The van der Waals surface area contributed by atoms with E-state index < -0.39 is 15.7 Å². The van der Waals surface area contributed by atoms with Crippen LogP contribution in [-0.2, 0) is 9.84 Å². The summed E-state index contributed by atoms with van der Waals surface area (Å²) < 4.78 is 22.8. The van der Waals surface area contributed by atoms with Gasteiger partial charge in [-0.3, -0.25) is 4.79 Å². The highest BCUT2D eigenvalue weighted by atomic mass is 32.2. The number of hydrogen-bond acceptors (Lipinski definition) is 4. The van der Waals surface area contributed by atoms with Gasteiger partial charge in [0.15, 0.2) is 9.84 Å². The van der Waals surface area contributed by atoms with E-state index in [2.05, 4.69) is 5.32 Å². The molecule has 2 aromatic rings. The monoisotopic (exact) mass is 319 g/mol. The maximum absolute atomic E-state index is 12.1. The Balaban J connectivity index is 2.14. The lowest BCUT2D eigenvalue weighted by molar-refractivity contribution is 0.0937. The van der Waals surface area contributed by atoms with Crippen LogP contribution in [0.3, 0.4) is 0 Å². The molecule has 0 radical (unpaired) electrons. The summed E-state index contributed by atoms with van der Waals surface area (Å²) in [7, 11) is -3.24. The molecule has 2 rings (SSSR count). The minimum absolute atomic E-state index is 0.0837. The van der Waals surface area contributed by atoms with E-state index in [1.807, 2.05) is 0 Å². The number of phenolic OH excluding ortho intramolecular Hbond substituents is 1. The van der Waals surface area contributed by atoms with Crippen molar-refractivity contribution in [3.63, 3.8) is 0 Å². The predicted octanol–water partition coefficient (Wildman–Crippen LogP) is 2.29. The van der Waals surface area contributed by atoms with Gasteiger partial charge >= 0.3 is 0 Å². The molecular weight excluding hydrogens is 302 g/mol. The Bertz CT molecular complexity index is 782. The molecule has 22 heavy (non-hydrogen) atoms. The molecule has 1 atom stereocenters. The average Bonchev–Trinajstić information content (AvgIpc) is 2.46. The van der Waals surface area contributed by atoms with Gasteiger partial charge in [0.2, 0.25) is 0 Å². The van der Waals surface area contributed by atoms with Gasteiger partial charge in [-0.1, -0.05) is 24.3 Å². The van der Waals surface area contributed by atoms with Crippen molar-refractivity contribution in [2.24, 2.45) is 0 Å². The molecular formula is C16H17NO4S. The van der Waals surface area contributed by atoms with Crippen molar-refractivity contribution >= 4 is 15.7 Å². The van der Waals surface area contributed by atoms with Gasteiger partial charge in [0.1, 0.15) is 5.75 Å². The molecule has 0 saturated carbocycles. The summed E-state index contributed by atoms with van der Waals surface area (Å²) in [6, 6.07) is 12.3. The van der Waals surface area contributed by atoms with Crippen molar-refractivity contribution in [2.45, 2.75) is 17.9 Å². The van der Waals surface area contributed by atoms with Crippen LogP contribution < -0.4 is 5.32 Å². The fourth-order valence-corrected chi connectivity index (χ4v) is 2.66. The molecule has 0 aliphatic carbocycles. The van der Waals surface area contributed by atoms with Gasteiger partial charge in [-0.15, -0.1) is 0 Å². The van der Waals surface area contributed by atoms with E-state index in [9.17, 15) is 18.3 Å². The van der Waals surface area contributed by atoms with Crippen LogP contribution in [0.2, 0.25) is 0 Å². The van der Waals surface area contributed by atoms with Crippen molar-refractivity contribution < 1.29 is 18.3 Å². The van der Waals surface area contributed by atoms with E-state index in [4.69, 9.17) is 0 Å². The third-order valence-corrected chi connectivity index (χ3v) is 4.43. The number of carbonyl (C=O) groups excluding carboxylic acids is 1. The second-order valence-corrected chi connectivity index (χ2v) is 7.07. The topological polar surface area (TPSA) is 83.5 Å². The Hall–Kier alpha value is -2.34. The molecule has 0 aromatic heterocycles.